The van der Waals surface area contributed by atoms with Crippen molar-refractivity contribution in [2.24, 2.45) is 11.3 Å². The van der Waals surface area contributed by atoms with Crippen LogP contribution in [0.3, 0.4) is 0 Å². The van der Waals surface area contributed by atoms with Crippen LogP contribution < -0.4 is 16.2 Å². The van der Waals surface area contributed by atoms with Crippen molar-refractivity contribution >= 4 is 11.6 Å². The molecule has 0 saturated carbocycles. The van der Waals surface area contributed by atoms with Gasteiger partial charge in [0.1, 0.15) is 18.2 Å². The maximum atomic E-state index is 5.47. The van der Waals surface area contributed by atoms with Gasteiger partial charge in [-0.1, -0.05) is 13.8 Å². The zero-order valence-electron chi connectivity index (χ0n) is 11.9. The second-order valence-corrected chi connectivity index (χ2v) is 5.64. The van der Waals surface area contributed by atoms with Crippen molar-refractivity contribution < 1.29 is 4.74 Å². The first-order valence-electron chi connectivity index (χ1n) is 6.71. The van der Waals surface area contributed by atoms with Gasteiger partial charge in [0.15, 0.2) is 5.82 Å². The fourth-order valence-corrected chi connectivity index (χ4v) is 2.28. The van der Waals surface area contributed by atoms with Crippen LogP contribution in [0.4, 0.5) is 11.6 Å². The molecule has 0 amide bonds. The molecule has 106 valence electrons. The smallest absolute Gasteiger partial charge is 0.158 e. The van der Waals surface area contributed by atoms with Gasteiger partial charge in [-0.3, -0.25) is 0 Å². The Balaban J connectivity index is 2.19. The quantitative estimate of drug-likeness (QED) is 0.621. The predicted molar refractivity (Wildman–Crippen MR) is 75.8 cm³/mol. The molecule has 2 heterocycles. The van der Waals surface area contributed by atoms with Crippen molar-refractivity contribution in [3.05, 3.63) is 11.9 Å². The summed E-state index contributed by atoms with van der Waals surface area (Å²) in [6, 6.07) is 1.89. The lowest BCUT2D eigenvalue weighted by Crippen LogP contribution is -2.24. The largest absolute Gasteiger partial charge is 0.374 e. The number of rotatable bonds is 5. The molecular formula is C13H23N5O. The van der Waals surface area contributed by atoms with Gasteiger partial charge in [0.05, 0.1) is 0 Å². The molecule has 1 aromatic rings. The molecule has 0 bridgehead atoms. The number of nitrogens with one attached hydrogen (secondary N) is 1. The van der Waals surface area contributed by atoms with Crippen molar-refractivity contribution in [1.82, 2.24) is 9.97 Å². The van der Waals surface area contributed by atoms with Crippen molar-refractivity contribution in [3.63, 3.8) is 0 Å². The minimum Gasteiger partial charge on any atom is -0.374 e. The molecule has 1 aliphatic rings. The topological polar surface area (TPSA) is 76.3 Å². The lowest BCUT2D eigenvalue weighted by Gasteiger charge is -2.21. The molecule has 1 saturated heterocycles. The summed E-state index contributed by atoms with van der Waals surface area (Å²) in [7, 11) is 0. The minimum absolute atomic E-state index is 0.335. The van der Waals surface area contributed by atoms with Crippen LogP contribution in [0.5, 0.6) is 0 Å². The molecule has 6 nitrogen and oxygen atoms in total. The normalized spacial score (nSPS) is 17.8. The molecule has 3 N–H and O–H groups in total. The second-order valence-electron chi connectivity index (χ2n) is 5.64. The third-order valence-electron chi connectivity index (χ3n) is 3.34. The van der Waals surface area contributed by atoms with E-state index in [1.54, 1.807) is 0 Å². The highest BCUT2D eigenvalue weighted by Crippen LogP contribution is 2.32. The SMILES string of the molecule is CCOCc1nc(NN)cc(N2CCC(C)(C)C2)n1. The number of hydrazine groups is 1. The number of nitrogen functional groups attached to an aromatic ring is 1. The number of ether oxygens (including phenoxy) is 1. The van der Waals surface area contributed by atoms with Crippen LogP contribution in [-0.2, 0) is 11.3 Å². The monoisotopic (exact) mass is 265 g/mol. The Morgan fingerprint density at radius 2 is 2.26 bits per heavy atom. The van der Waals surface area contributed by atoms with Crippen LogP contribution in [0.2, 0.25) is 0 Å². The summed E-state index contributed by atoms with van der Waals surface area (Å²) in [4.78, 5) is 11.1. The van der Waals surface area contributed by atoms with E-state index < -0.39 is 0 Å². The minimum atomic E-state index is 0.335. The van der Waals surface area contributed by atoms with E-state index in [9.17, 15) is 0 Å². The van der Waals surface area contributed by atoms with Crippen LogP contribution in [-0.4, -0.2) is 29.7 Å². The first-order valence-corrected chi connectivity index (χ1v) is 6.71. The van der Waals surface area contributed by atoms with Gasteiger partial charge in [-0.15, -0.1) is 0 Å². The maximum absolute atomic E-state index is 5.47. The highest BCUT2D eigenvalue weighted by atomic mass is 16.5. The molecule has 1 aromatic heterocycles. The molecule has 2 rings (SSSR count). The van der Waals surface area contributed by atoms with Gasteiger partial charge in [0, 0.05) is 25.8 Å². The van der Waals surface area contributed by atoms with E-state index in [1.165, 1.54) is 6.42 Å². The lowest BCUT2D eigenvalue weighted by atomic mass is 9.93. The fourth-order valence-electron chi connectivity index (χ4n) is 2.28. The average Bonchev–Trinajstić information content (AvgIpc) is 2.76. The van der Waals surface area contributed by atoms with E-state index in [0.29, 0.717) is 30.3 Å². The average molecular weight is 265 g/mol. The summed E-state index contributed by atoms with van der Waals surface area (Å²) < 4.78 is 5.37. The highest BCUT2D eigenvalue weighted by Gasteiger charge is 2.30. The lowest BCUT2D eigenvalue weighted by molar-refractivity contribution is 0.128. The molecule has 6 heteroatoms. The number of nitrogens with zero attached hydrogens (tertiary/aromatic N) is 3. The fraction of sp³-hybridized carbons (Fsp3) is 0.692. The molecule has 0 radical (unpaired) electrons. The van der Waals surface area contributed by atoms with Gasteiger partial charge in [-0.25, -0.2) is 15.8 Å². The zero-order valence-corrected chi connectivity index (χ0v) is 11.9. The molecule has 1 aliphatic heterocycles. The molecule has 1 fully saturated rings. The second kappa shape index (κ2) is 5.71. The van der Waals surface area contributed by atoms with E-state index in [1.807, 2.05) is 13.0 Å². The van der Waals surface area contributed by atoms with E-state index in [0.717, 1.165) is 18.9 Å². The summed E-state index contributed by atoms with van der Waals surface area (Å²) >= 11 is 0. The number of nitrogens with two attached hydrogens (primary N) is 1. The zero-order chi connectivity index (χ0) is 13.9. The van der Waals surface area contributed by atoms with Crippen molar-refractivity contribution in [2.75, 3.05) is 30.0 Å². The van der Waals surface area contributed by atoms with Crippen molar-refractivity contribution in [1.29, 1.82) is 0 Å². The Bertz CT molecular complexity index is 435. The van der Waals surface area contributed by atoms with Crippen LogP contribution in [0.25, 0.3) is 0 Å². The predicted octanol–water partition coefficient (Wildman–Crippen LogP) is 1.53. The van der Waals surface area contributed by atoms with Crippen LogP contribution in [0.1, 0.15) is 33.0 Å². The van der Waals surface area contributed by atoms with Crippen molar-refractivity contribution in [3.8, 4) is 0 Å². The Morgan fingerprint density at radius 3 is 2.84 bits per heavy atom. The van der Waals surface area contributed by atoms with Gasteiger partial charge in [0.2, 0.25) is 0 Å². The third-order valence-corrected chi connectivity index (χ3v) is 3.34. The maximum Gasteiger partial charge on any atom is 0.158 e. The van der Waals surface area contributed by atoms with E-state index in [-0.39, 0.29) is 0 Å². The van der Waals surface area contributed by atoms with Gasteiger partial charge < -0.3 is 15.1 Å². The number of aromatic nitrogens is 2. The van der Waals surface area contributed by atoms with Gasteiger partial charge in [-0.2, -0.15) is 0 Å². The highest BCUT2D eigenvalue weighted by molar-refractivity contribution is 5.49. The molecule has 19 heavy (non-hydrogen) atoms. The molecule has 0 aliphatic carbocycles. The molecular weight excluding hydrogens is 242 g/mol. The molecule has 0 unspecified atom stereocenters. The van der Waals surface area contributed by atoms with Gasteiger partial charge in [-0.05, 0) is 18.8 Å². The first kappa shape index (κ1) is 14.0. The molecule has 0 aromatic carbocycles. The summed E-state index contributed by atoms with van der Waals surface area (Å²) in [5.41, 5.74) is 2.93. The Kier molecular flexibility index (Phi) is 4.21. The van der Waals surface area contributed by atoms with Crippen LogP contribution >= 0.6 is 0 Å². The van der Waals surface area contributed by atoms with Crippen LogP contribution in [0, 0.1) is 5.41 Å². The van der Waals surface area contributed by atoms with E-state index in [2.05, 4.69) is 34.1 Å². The molecule has 0 atom stereocenters. The van der Waals surface area contributed by atoms with E-state index >= 15 is 0 Å². The number of hydrogen-bond donors (Lipinski definition) is 2. The Labute approximate surface area is 114 Å². The molecule has 0 spiro atoms. The van der Waals surface area contributed by atoms with Gasteiger partial charge in [0.25, 0.3) is 0 Å². The van der Waals surface area contributed by atoms with Crippen molar-refractivity contribution in [2.45, 2.75) is 33.8 Å². The number of anilines is 2. The van der Waals surface area contributed by atoms with Crippen LogP contribution in [0.15, 0.2) is 6.07 Å². The summed E-state index contributed by atoms with van der Waals surface area (Å²) in [5, 5.41) is 0. The Hall–Kier alpha value is -1.40. The summed E-state index contributed by atoms with van der Waals surface area (Å²) in [6.45, 7) is 9.58. The number of hydrogen-bond acceptors (Lipinski definition) is 6. The van der Waals surface area contributed by atoms with Gasteiger partial charge >= 0.3 is 0 Å². The van der Waals surface area contributed by atoms with E-state index in [4.69, 9.17) is 10.6 Å². The standard InChI is InChI=1S/C13H23N5O/c1-4-19-8-11-15-10(17-14)7-12(16-11)18-6-5-13(2,3)9-18/h7H,4-6,8-9,14H2,1-3H3,(H,15,16,17). The summed E-state index contributed by atoms with van der Waals surface area (Å²) in [5.74, 6) is 7.68. The third kappa shape index (κ3) is 3.54. The first-order chi connectivity index (χ1) is 9.04. The summed E-state index contributed by atoms with van der Waals surface area (Å²) in [6.07, 6.45) is 1.17. The Morgan fingerprint density at radius 1 is 1.47 bits per heavy atom.